The first-order valence-corrected chi connectivity index (χ1v) is 7.97. The molecule has 0 spiro atoms. The molecule has 0 bridgehead atoms. The van der Waals surface area contributed by atoms with E-state index in [1.54, 1.807) is 0 Å². The molecule has 0 saturated carbocycles. The molecule has 1 aromatic carbocycles. The average molecular weight is 311 g/mol. The molecule has 0 N–H and O–H groups in total. The Kier molecular flexibility index (Phi) is 4.64. The minimum Gasteiger partial charge on any atom is -0.496 e. The van der Waals surface area contributed by atoms with Crippen LogP contribution in [0.3, 0.4) is 0 Å². The van der Waals surface area contributed by atoms with Crippen molar-refractivity contribution in [3.05, 3.63) is 29.6 Å². The summed E-state index contributed by atoms with van der Waals surface area (Å²) in [5.41, 5.74) is -1.16. The van der Waals surface area contributed by atoms with E-state index < -0.39 is 11.5 Å². The lowest BCUT2D eigenvalue weighted by atomic mass is 9.84. The number of alkyl halides is 1. The van der Waals surface area contributed by atoms with Gasteiger partial charge in [-0.05, 0) is 43.9 Å². The maximum absolute atomic E-state index is 15.4. The van der Waals surface area contributed by atoms with Crippen molar-refractivity contribution in [2.75, 3.05) is 33.4 Å². The molecule has 22 heavy (non-hydrogen) atoms. The molecule has 2 heterocycles. The number of halogens is 2. The summed E-state index contributed by atoms with van der Waals surface area (Å²) in [5, 5.41) is 0. The summed E-state index contributed by atoms with van der Waals surface area (Å²) in [5.74, 6) is 0.0168. The number of hydrogen-bond acceptors (Lipinski definition) is 3. The van der Waals surface area contributed by atoms with Crippen molar-refractivity contribution < 1.29 is 18.3 Å². The van der Waals surface area contributed by atoms with Crippen LogP contribution in [0.25, 0.3) is 0 Å². The van der Waals surface area contributed by atoms with Crippen molar-refractivity contribution >= 4 is 0 Å². The van der Waals surface area contributed by atoms with Crippen LogP contribution in [0.5, 0.6) is 5.75 Å². The monoisotopic (exact) mass is 311 g/mol. The molecule has 2 aliphatic rings. The highest BCUT2D eigenvalue weighted by Gasteiger charge is 2.40. The maximum Gasteiger partial charge on any atom is 0.142 e. The second kappa shape index (κ2) is 6.50. The Balaban J connectivity index is 1.72. The Morgan fingerprint density at radius 2 is 1.91 bits per heavy atom. The first-order valence-electron chi connectivity index (χ1n) is 7.97. The third-order valence-electron chi connectivity index (χ3n) is 4.94. The third-order valence-corrected chi connectivity index (χ3v) is 4.94. The van der Waals surface area contributed by atoms with Crippen LogP contribution in [0.15, 0.2) is 18.2 Å². The highest BCUT2D eigenvalue weighted by Crippen LogP contribution is 2.42. The predicted octanol–water partition coefficient (Wildman–Crippen LogP) is 3.27. The van der Waals surface area contributed by atoms with Gasteiger partial charge in [-0.2, -0.15) is 0 Å². The van der Waals surface area contributed by atoms with Crippen LogP contribution < -0.4 is 4.74 Å². The van der Waals surface area contributed by atoms with Gasteiger partial charge in [0, 0.05) is 37.9 Å². The Morgan fingerprint density at radius 3 is 2.55 bits per heavy atom. The van der Waals surface area contributed by atoms with Gasteiger partial charge in [0.2, 0.25) is 0 Å². The van der Waals surface area contributed by atoms with E-state index >= 15 is 4.39 Å². The lowest BCUT2D eigenvalue weighted by Gasteiger charge is -2.42. The van der Waals surface area contributed by atoms with E-state index in [0.29, 0.717) is 43.3 Å². The zero-order chi connectivity index (χ0) is 15.6. The van der Waals surface area contributed by atoms with Crippen LogP contribution in [-0.2, 0) is 10.4 Å². The fourth-order valence-electron chi connectivity index (χ4n) is 3.59. The molecule has 1 aromatic rings. The molecular formula is C17H23F2NO2. The van der Waals surface area contributed by atoms with E-state index in [0.717, 1.165) is 26.1 Å². The van der Waals surface area contributed by atoms with E-state index in [9.17, 15) is 4.39 Å². The van der Waals surface area contributed by atoms with Crippen molar-refractivity contribution in [1.29, 1.82) is 0 Å². The molecule has 0 radical (unpaired) electrons. The van der Waals surface area contributed by atoms with Gasteiger partial charge in [-0.3, -0.25) is 4.90 Å². The molecule has 2 aliphatic heterocycles. The number of piperidine rings is 1. The molecule has 0 aromatic heterocycles. The van der Waals surface area contributed by atoms with Gasteiger partial charge in [0.1, 0.15) is 17.2 Å². The quantitative estimate of drug-likeness (QED) is 0.855. The molecular weight excluding hydrogens is 288 g/mol. The Morgan fingerprint density at radius 1 is 1.23 bits per heavy atom. The van der Waals surface area contributed by atoms with Gasteiger partial charge >= 0.3 is 0 Å². The average Bonchev–Trinajstić information content (AvgIpc) is 2.56. The summed E-state index contributed by atoms with van der Waals surface area (Å²) in [6.07, 6.45) is 2.79. The fourth-order valence-corrected chi connectivity index (χ4v) is 3.59. The lowest BCUT2D eigenvalue weighted by molar-refractivity contribution is -0.00796. The SMILES string of the molecule is COc1ccc(F)cc1C1(F)CCN(C2CCOCC2)CC1. The molecule has 0 atom stereocenters. The van der Waals surface area contributed by atoms with E-state index in [1.807, 2.05) is 0 Å². The van der Waals surface area contributed by atoms with Crippen molar-refractivity contribution in [3.8, 4) is 5.75 Å². The minimum absolute atomic E-state index is 0.349. The number of methoxy groups -OCH3 is 1. The third kappa shape index (κ3) is 3.10. The first kappa shape index (κ1) is 15.7. The van der Waals surface area contributed by atoms with Crippen molar-refractivity contribution in [1.82, 2.24) is 4.90 Å². The van der Waals surface area contributed by atoms with E-state index in [2.05, 4.69) is 4.90 Å². The second-order valence-corrected chi connectivity index (χ2v) is 6.19. The Bertz CT molecular complexity index is 509. The molecule has 2 saturated heterocycles. The molecule has 2 fully saturated rings. The number of likely N-dealkylation sites (tertiary alicyclic amines) is 1. The van der Waals surface area contributed by atoms with Gasteiger partial charge < -0.3 is 9.47 Å². The van der Waals surface area contributed by atoms with Crippen LogP contribution in [-0.4, -0.2) is 44.4 Å². The molecule has 3 rings (SSSR count). The van der Waals surface area contributed by atoms with E-state index in [-0.39, 0.29) is 0 Å². The van der Waals surface area contributed by atoms with Crippen LogP contribution in [0.4, 0.5) is 8.78 Å². The van der Waals surface area contributed by atoms with Crippen LogP contribution in [0.1, 0.15) is 31.2 Å². The van der Waals surface area contributed by atoms with E-state index in [4.69, 9.17) is 9.47 Å². The van der Waals surface area contributed by atoms with Crippen LogP contribution >= 0.6 is 0 Å². The number of hydrogen-bond donors (Lipinski definition) is 0. The molecule has 0 aliphatic carbocycles. The van der Waals surface area contributed by atoms with Gasteiger partial charge in [-0.15, -0.1) is 0 Å². The molecule has 3 nitrogen and oxygen atoms in total. The molecule has 122 valence electrons. The van der Waals surface area contributed by atoms with Gasteiger partial charge in [0.25, 0.3) is 0 Å². The van der Waals surface area contributed by atoms with Crippen molar-refractivity contribution in [2.45, 2.75) is 37.4 Å². The molecule has 5 heteroatoms. The van der Waals surface area contributed by atoms with Crippen LogP contribution in [0.2, 0.25) is 0 Å². The highest BCUT2D eigenvalue weighted by atomic mass is 19.1. The second-order valence-electron chi connectivity index (χ2n) is 6.19. The number of rotatable bonds is 3. The minimum atomic E-state index is -1.50. The van der Waals surface area contributed by atoms with Crippen molar-refractivity contribution in [3.63, 3.8) is 0 Å². The first-order chi connectivity index (χ1) is 10.6. The van der Waals surface area contributed by atoms with Gasteiger partial charge in [-0.1, -0.05) is 0 Å². The Hall–Kier alpha value is -1.20. The van der Waals surface area contributed by atoms with Gasteiger partial charge in [0.05, 0.1) is 7.11 Å². The largest absolute Gasteiger partial charge is 0.496 e. The normalized spacial score (nSPS) is 23.4. The van der Waals surface area contributed by atoms with Crippen LogP contribution in [0, 0.1) is 5.82 Å². The summed E-state index contributed by atoms with van der Waals surface area (Å²) >= 11 is 0. The predicted molar refractivity (Wildman–Crippen MR) is 80.4 cm³/mol. The number of nitrogens with zero attached hydrogens (tertiary/aromatic N) is 1. The van der Waals surface area contributed by atoms with Gasteiger partial charge in [0.15, 0.2) is 0 Å². The summed E-state index contributed by atoms with van der Waals surface area (Å²) in [6.45, 7) is 2.97. The standard InChI is InChI=1S/C17H23F2NO2/c1-21-16-3-2-13(18)12-15(16)17(19)6-8-20(9-7-17)14-4-10-22-11-5-14/h2-3,12,14H,4-11H2,1H3. The van der Waals surface area contributed by atoms with E-state index in [1.165, 1.54) is 25.3 Å². The summed E-state index contributed by atoms with van der Waals surface area (Å²) in [6, 6.07) is 4.59. The Labute approximate surface area is 130 Å². The summed E-state index contributed by atoms with van der Waals surface area (Å²) in [4.78, 5) is 2.35. The smallest absolute Gasteiger partial charge is 0.142 e. The van der Waals surface area contributed by atoms with Gasteiger partial charge in [-0.25, -0.2) is 8.78 Å². The zero-order valence-electron chi connectivity index (χ0n) is 13.0. The summed E-state index contributed by atoms with van der Waals surface area (Å²) < 4.78 is 39.5. The maximum atomic E-state index is 15.4. The molecule has 0 amide bonds. The lowest BCUT2D eigenvalue weighted by Crippen LogP contribution is -2.47. The summed E-state index contributed by atoms with van der Waals surface area (Å²) in [7, 11) is 1.50. The molecule has 0 unspecified atom stereocenters. The fraction of sp³-hybridized carbons (Fsp3) is 0.647. The number of ether oxygens (including phenoxy) is 2. The van der Waals surface area contributed by atoms with Crippen molar-refractivity contribution in [2.24, 2.45) is 0 Å². The highest BCUT2D eigenvalue weighted by molar-refractivity contribution is 5.39. The number of benzene rings is 1. The zero-order valence-corrected chi connectivity index (χ0v) is 13.0. The topological polar surface area (TPSA) is 21.7 Å².